The lowest BCUT2D eigenvalue weighted by atomic mass is 9.95. The number of amides is 1. The van der Waals surface area contributed by atoms with Crippen LogP contribution in [0.25, 0.3) is 0 Å². The lowest BCUT2D eigenvalue weighted by Gasteiger charge is -2.35. The van der Waals surface area contributed by atoms with E-state index in [0.717, 1.165) is 18.4 Å². The highest BCUT2D eigenvalue weighted by Gasteiger charge is 2.31. The Bertz CT molecular complexity index is 205. The molecule has 0 aromatic rings. The molecule has 0 heterocycles. The van der Waals surface area contributed by atoms with E-state index in [2.05, 4.69) is 25.0 Å². The Morgan fingerprint density at radius 3 is 2.07 bits per heavy atom. The number of carboxylic acid groups (broad SMARTS) is 1. The highest BCUT2D eigenvalue weighted by molar-refractivity contribution is 6.77. The van der Waals surface area contributed by atoms with E-state index in [-0.39, 0.29) is 6.04 Å². The van der Waals surface area contributed by atoms with E-state index in [0.29, 0.717) is 0 Å². The maximum absolute atomic E-state index is 10.4. The van der Waals surface area contributed by atoms with Gasteiger partial charge in [-0.15, -0.1) is 0 Å². The second kappa shape index (κ2) is 4.34. The topological polar surface area (TPSA) is 49.3 Å². The molecule has 0 unspecified atom stereocenters. The zero-order chi connectivity index (χ0) is 10.8. The van der Waals surface area contributed by atoms with Crippen LogP contribution in [0.4, 0.5) is 4.79 Å². The summed E-state index contributed by atoms with van der Waals surface area (Å²) in [6.07, 6.45) is 3.60. The van der Waals surface area contributed by atoms with Crippen molar-refractivity contribution in [3.63, 3.8) is 0 Å². The average molecular weight is 215 g/mol. The summed E-state index contributed by atoms with van der Waals surface area (Å²) in [5.41, 5.74) is 0.884. The van der Waals surface area contributed by atoms with Gasteiger partial charge in [0.25, 0.3) is 0 Å². The van der Waals surface area contributed by atoms with E-state index in [1.807, 2.05) is 0 Å². The van der Waals surface area contributed by atoms with Crippen LogP contribution in [-0.4, -0.2) is 25.3 Å². The second-order valence-electron chi connectivity index (χ2n) is 5.36. The maximum atomic E-state index is 10.4. The predicted molar refractivity (Wildman–Crippen MR) is 60.5 cm³/mol. The first-order chi connectivity index (χ1) is 6.39. The fourth-order valence-corrected chi connectivity index (χ4v) is 4.34. The number of carbonyl (C=O) groups is 1. The summed E-state index contributed by atoms with van der Waals surface area (Å²) in [5, 5.41) is 11.2. The predicted octanol–water partition coefficient (Wildman–Crippen LogP) is 2.91. The average Bonchev–Trinajstić information content (AvgIpc) is 2.02. The summed E-state index contributed by atoms with van der Waals surface area (Å²) in [5.74, 6) is 0. The van der Waals surface area contributed by atoms with Crippen LogP contribution >= 0.6 is 0 Å². The molecule has 0 atom stereocenters. The molecular weight excluding hydrogens is 194 g/mol. The van der Waals surface area contributed by atoms with Crippen LogP contribution < -0.4 is 5.32 Å². The molecule has 14 heavy (non-hydrogen) atoms. The Morgan fingerprint density at radius 2 is 1.71 bits per heavy atom. The normalized spacial score (nSPS) is 28.5. The molecule has 0 aliphatic heterocycles. The van der Waals surface area contributed by atoms with Gasteiger partial charge in [-0.05, 0) is 18.4 Å². The summed E-state index contributed by atoms with van der Waals surface area (Å²) >= 11 is 0. The summed E-state index contributed by atoms with van der Waals surface area (Å²) in [7, 11) is -1.00. The second-order valence-corrected chi connectivity index (χ2v) is 10.9. The third kappa shape index (κ3) is 3.33. The Balaban J connectivity index is 2.35. The van der Waals surface area contributed by atoms with Gasteiger partial charge in [-0.2, -0.15) is 0 Å². The molecule has 1 saturated carbocycles. The van der Waals surface area contributed by atoms with Gasteiger partial charge >= 0.3 is 6.09 Å². The van der Waals surface area contributed by atoms with Crippen LogP contribution in [0, 0.1) is 0 Å². The van der Waals surface area contributed by atoms with E-state index < -0.39 is 14.2 Å². The molecule has 0 radical (unpaired) electrons. The Labute approximate surface area is 86.9 Å². The number of hydrogen-bond acceptors (Lipinski definition) is 1. The molecule has 2 N–H and O–H groups in total. The van der Waals surface area contributed by atoms with Crippen molar-refractivity contribution >= 4 is 14.2 Å². The van der Waals surface area contributed by atoms with Gasteiger partial charge < -0.3 is 10.4 Å². The summed E-state index contributed by atoms with van der Waals surface area (Å²) in [6.45, 7) is 7.22. The third-order valence-corrected chi connectivity index (χ3v) is 6.31. The van der Waals surface area contributed by atoms with E-state index in [1.165, 1.54) is 12.8 Å². The smallest absolute Gasteiger partial charge is 0.404 e. The summed E-state index contributed by atoms with van der Waals surface area (Å²) in [4.78, 5) is 10.4. The maximum Gasteiger partial charge on any atom is 0.404 e. The van der Waals surface area contributed by atoms with Gasteiger partial charge in [-0.1, -0.05) is 32.5 Å². The van der Waals surface area contributed by atoms with Crippen molar-refractivity contribution in [2.45, 2.75) is 56.9 Å². The van der Waals surface area contributed by atoms with Crippen molar-refractivity contribution in [1.29, 1.82) is 0 Å². The van der Waals surface area contributed by atoms with Crippen molar-refractivity contribution in [2.24, 2.45) is 0 Å². The van der Waals surface area contributed by atoms with Crippen LogP contribution in [0.1, 0.15) is 25.7 Å². The quantitative estimate of drug-likeness (QED) is 0.696. The van der Waals surface area contributed by atoms with Gasteiger partial charge in [0, 0.05) is 14.1 Å². The zero-order valence-electron chi connectivity index (χ0n) is 9.34. The van der Waals surface area contributed by atoms with Gasteiger partial charge in [-0.3, -0.25) is 0 Å². The molecule has 0 saturated heterocycles. The standard InChI is InChI=1S/C10H21NO2Si/c1-14(2,3)9-6-4-8(5-7-9)11-10(12)13/h8-9,11H,4-7H2,1-3H3,(H,12,13). The molecule has 3 nitrogen and oxygen atoms in total. The van der Waals surface area contributed by atoms with Crippen LogP contribution in [0.5, 0.6) is 0 Å². The lowest BCUT2D eigenvalue weighted by molar-refractivity contribution is 0.186. The van der Waals surface area contributed by atoms with Crippen molar-refractivity contribution in [1.82, 2.24) is 5.32 Å². The number of rotatable bonds is 2. The van der Waals surface area contributed by atoms with Crippen LogP contribution in [0.15, 0.2) is 0 Å². The van der Waals surface area contributed by atoms with E-state index in [1.54, 1.807) is 0 Å². The van der Waals surface area contributed by atoms with Gasteiger partial charge in [0.05, 0.1) is 0 Å². The molecule has 82 valence electrons. The van der Waals surface area contributed by atoms with Gasteiger partial charge in [0.15, 0.2) is 0 Å². The van der Waals surface area contributed by atoms with Gasteiger partial charge in [0.1, 0.15) is 0 Å². The van der Waals surface area contributed by atoms with Crippen molar-refractivity contribution in [3.05, 3.63) is 0 Å². The molecule has 1 aliphatic rings. The van der Waals surface area contributed by atoms with E-state index in [9.17, 15) is 4.79 Å². The van der Waals surface area contributed by atoms with Crippen molar-refractivity contribution in [3.8, 4) is 0 Å². The molecular formula is C10H21NO2Si. The largest absolute Gasteiger partial charge is 0.465 e. The van der Waals surface area contributed by atoms with Crippen LogP contribution in [0.3, 0.4) is 0 Å². The number of nitrogens with one attached hydrogen (secondary N) is 1. The first-order valence-corrected chi connectivity index (χ1v) is 8.97. The van der Waals surface area contributed by atoms with Gasteiger partial charge in [-0.25, -0.2) is 4.79 Å². The molecule has 0 aromatic carbocycles. The van der Waals surface area contributed by atoms with Crippen LogP contribution in [-0.2, 0) is 0 Å². The van der Waals surface area contributed by atoms with Crippen molar-refractivity contribution < 1.29 is 9.90 Å². The summed E-state index contributed by atoms with van der Waals surface area (Å²) < 4.78 is 0. The third-order valence-electron chi connectivity index (χ3n) is 3.28. The number of hydrogen-bond donors (Lipinski definition) is 2. The lowest BCUT2D eigenvalue weighted by Crippen LogP contribution is -2.39. The molecule has 4 heteroatoms. The first kappa shape index (κ1) is 11.6. The minimum atomic E-state index is -1.00. The molecule has 0 spiro atoms. The zero-order valence-corrected chi connectivity index (χ0v) is 10.3. The molecule has 0 aromatic heterocycles. The van der Waals surface area contributed by atoms with Crippen molar-refractivity contribution in [2.75, 3.05) is 0 Å². The Kier molecular flexibility index (Phi) is 3.58. The molecule has 1 rings (SSSR count). The Hall–Kier alpha value is -0.513. The van der Waals surface area contributed by atoms with Crippen LogP contribution in [0.2, 0.25) is 25.2 Å². The fourth-order valence-electron chi connectivity index (χ4n) is 2.28. The fraction of sp³-hybridized carbons (Fsp3) is 0.900. The minimum absolute atomic E-state index is 0.208. The molecule has 1 aliphatic carbocycles. The molecule has 1 amide bonds. The highest BCUT2D eigenvalue weighted by Crippen LogP contribution is 2.36. The SMILES string of the molecule is C[Si](C)(C)C1CCC(NC(=O)O)CC1. The van der Waals surface area contributed by atoms with E-state index >= 15 is 0 Å². The van der Waals surface area contributed by atoms with E-state index in [4.69, 9.17) is 5.11 Å². The molecule has 1 fully saturated rings. The monoisotopic (exact) mass is 215 g/mol. The minimum Gasteiger partial charge on any atom is -0.465 e. The van der Waals surface area contributed by atoms with Gasteiger partial charge in [0.2, 0.25) is 0 Å². The molecule has 0 bridgehead atoms. The first-order valence-electron chi connectivity index (χ1n) is 5.39. The highest BCUT2D eigenvalue weighted by atomic mass is 28.3. The Morgan fingerprint density at radius 1 is 1.21 bits per heavy atom. The summed E-state index contributed by atoms with van der Waals surface area (Å²) in [6, 6.07) is 0.208.